The van der Waals surface area contributed by atoms with Crippen molar-refractivity contribution in [3.8, 4) is 11.5 Å². The monoisotopic (exact) mass is 425 g/mol. The van der Waals surface area contributed by atoms with Crippen molar-refractivity contribution in [1.29, 1.82) is 0 Å². The van der Waals surface area contributed by atoms with Crippen molar-refractivity contribution in [3.63, 3.8) is 0 Å². The van der Waals surface area contributed by atoms with Crippen LogP contribution >= 0.6 is 11.6 Å². The molecule has 3 aromatic rings. The number of carboxylic acid groups (broad SMARTS) is 1. The van der Waals surface area contributed by atoms with Crippen LogP contribution in [0.15, 0.2) is 42.5 Å². The quantitative estimate of drug-likeness (QED) is 0.637. The van der Waals surface area contributed by atoms with Crippen LogP contribution in [-0.2, 0) is 21.5 Å². The lowest BCUT2D eigenvalue weighted by Crippen LogP contribution is -2.63. The van der Waals surface area contributed by atoms with Gasteiger partial charge in [0.25, 0.3) is 0 Å². The molecule has 0 aliphatic carbocycles. The third-order valence-corrected chi connectivity index (χ3v) is 6.40. The zero-order chi connectivity index (χ0) is 21.0. The first kappa shape index (κ1) is 19.0. The highest BCUT2D eigenvalue weighted by molar-refractivity contribution is 6.29. The summed E-state index contributed by atoms with van der Waals surface area (Å²) in [6.45, 7) is 0.0877. The standard InChI is InChI=1S/C22H19ClN2O5/c1-25-16(21(27)28)9-14-13-4-2-3-5-15(13)24-20(14)22(25,19(26)10-23)12-6-7-17-18(8-12)30-11-29-17/h2-8,16,24H,9-11H2,1H3,(H,27,28)/p-1/t16-,22+/m1/s1. The zero-order valence-corrected chi connectivity index (χ0v) is 16.9. The molecule has 2 aliphatic rings. The number of carbonyl (C=O) groups excluding carboxylic acids is 2. The average Bonchev–Trinajstić information content (AvgIpc) is 3.36. The van der Waals surface area contributed by atoms with Gasteiger partial charge in [-0.2, -0.15) is 0 Å². The molecule has 0 bridgehead atoms. The van der Waals surface area contributed by atoms with E-state index in [1.165, 1.54) is 0 Å². The number of rotatable bonds is 4. The number of hydrogen-bond acceptors (Lipinski definition) is 6. The van der Waals surface area contributed by atoms with E-state index in [2.05, 4.69) is 4.98 Å². The summed E-state index contributed by atoms with van der Waals surface area (Å²) < 4.78 is 10.9. The highest BCUT2D eigenvalue weighted by Crippen LogP contribution is 2.47. The largest absolute Gasteiger partial charge is 0.548 e. The van der Waals surface area contributed by atoms with E-state index in [-0.39, 0.29) is 24.9 Å². The number of fused-ring (bicyclic) bond motifs is 4. The molecule has 0 spiro atoms. The molecule has 0 radical (unpaired) electrons. The lowest BCUT2D eigenvalue weighted by Gasteiger charge is -2.48. The molecule has 0 saturated carbocycles. The lowest BCUT2D eigenvalue weighted by molar-refractivity contribution is -0.312. The Morgan fingerprint density at radius 1 is 1.23 bits per heavy atom. The molecule has 2 aromatic carbocycles. The molecule has 1 N–H and O–H groups in total. The number of carbonyl (C=O) groups is 2. The summed E-state index contributed by atoms with van der Waals surface area (Å²) in [5.74, 6) is -0.826. The number of aliphatic carboxylic acids is 1. The van der Waals surface area contributed by atoms with E-state index in [1.54, 1.807) is 30.1 Å². The molecule has 0 unspecified atom stereocenters. The summed E-state index contributed by atoms with van der Waals surface area (Å²) in [5, 5.41) is 13.0. The molecule has 154 valence electrons. The van der Waals surface area contributed by atoms with E-state index in [9.17, 15) is 14.7 Å². The van der Waals surface area contributed by atoms with E-state index in [4.69, 9.17) is 21.1 Å². The number of likely N-dealkylation sites (N-methyl/N-ethyl adjacent to an activating group) is 1. The van der Waals surface area contributed by atoms with Crippen LogP contribution in [0.4, 0.5) is 0 Å². The molecular weight excluding hydrogens is 408 g/mol. The minimum absolute atomic E-state index is 0.0877. The smallest absolute Gasteiger partial charge is 0.231 e. The van der Waals surface area contributed by atoms with E-state index in [1.807, 2.05) is 24.3 Å². The second kappa shape index (κ2) is 6.75. The number of alkyl halides is 1. The third-order valence-electron chi connectivity index (χ3n) is 6.16. The molecule has 3 heterocycles. The normalized spacial score (nSPS) is 22.8. The number of nitrogens with one attached hydrogen (secondary N) is 1. The van der Waals surface area contributed by atoms with Gasteiger partial charge in [0.05, 0.1) is 23.6 Å². The second-order valence-corrected chi connectivity index (χ2v) is 7.78. The summed E-state index contributed by atoms with van der Waals surface area (Å²) in [7, 11) is 1.62. The number of para-hydroxylation sites is 1. The average molecular weight is 426 g/mol. The highest BCUT2D eigenvalue weighted by atomic mass is 35.5. The van der Waals surface area contributed by atoms with E-state index < -0.39 is 17.6 Å². The van der Waals surface area contributed by atoms with Gasteiger partial charge in [0, 0.05) is 10.9 Å². The molecular formula is C22H18ClN2O5-. The summed E-state index contributed by atoms with van der Waals surface area (Å²) >= 11 is 6.09. The van der Waals surface area contributed by atoms with Crippen molar-refractivity contribution in [1.82, 2.24) is 9.88 Å². The minimum Gasteiger partial charge on any atom is -0.548 e. The number of aromatic amines is 1. The molecule has 8 heteroatoms. The fraction of sp³-hybridized carbons (Fsp3) is 0.273. The van der Waals surface area contributed by atoms with Crippen molar-refractivity contribution in [2.45, 2.75) is 18.0 Å². The Hall–Kier alpha value is -3.03. The van der Waals surface area contributed by atoms with Crippen LogP contribution in [0.25, 0.3) is 10.9 Å². The Morgan fingerprint density at radius 3 is 2.77 bits per heavy atom. The predicted octanol–water partition coefficient (Wildman–Crippen LogP) is 1.55. The summed E-state index contributed by atoms with van der Waals surface area (Å²) in [6, 6.07) is 11.8. The second-order valence-electron chi connectivity index (χ2n) is 7.51. The Labute approximate surface area is 177 Å². The van der Waals surface area contributed by atoms with Gasteiger partial charge in [-0.1, -0.05) is 24.3 Å². The predicted molar refractivity (Wildman–Crippen MR) is 108 cm³/mol. The lowest BCUT2D eigenvalue weighted by atomic mass is 9.74. The van der Waals surface area contributed by atoms with Crippen LogP contribution in [-0.4, -0.2) is 47.4 Å². The first-order chi connectivity index (χ1) is 14.5. The van der Waals surface area contributed by atoms with Crippen LogP contribution in [0.2, 0.25) is 0 Å². The molecule has 0 saturated heterocycles. The molecule has 5 rings (SSSR count). The van der Waals surface area contributed by atoms with Crippen LogP contribution in [0.1, 0.15) is 16.8 Å². The first-order valence-corrected chi connectivity index (χ1v) is 10.0. The fourth-order valence-corrected chi connectivity index (χ4v) is 4.96. The van der Waals surface area contributed by atoms with Gasteiger partial charge in [-0.05, 0) is 42.8 Å². The van der Waals surface area contributed by atoms with Crippen molar-refractivity contribution >= 4 is 34.3 Å². The van der Waals surface area contributed by atoms with Gasteiger partial charge in [0.15, 0.2) is 17.3 Å². The summed E-state index contributed by atoms with van der Waals surface area (Å²) in [6.07, 6.45) is 0.208. The number of benzene rings is 2. The molecule has 0 fully saturated rings. The molecule has 0 amide bonds. The number of carboxylic acids is 1. The Kier molecular flexibility index (Phi) is 4.27. The number of nitrogens with zero attached hydrogens (tertiary/aromatic N) is 1. The number of halogens is 1. The van der Waals surface area contributed by atoms with Crippen molar-refractivity contribution in [3.05, 3.63) is 59.3 Å². The summed E-state index contributed by atoms with van der Waals surface area (Å²) in [4.78, 5) is 30.5. The third kappa shape index (κ3) is 2.42. The number of ketones is 1. The number of ether oxygens (including phenoxy) is 2. The van der Waals surface area contributed by atoms with Crippen molar-refractivity contribution in [2.24, 2.45) is 0 Å². The maximum Gasteiger partial charge on any atom is 0.231 e. The fourth-order valence-electron chi connectivity index (χ4n) is 4.77. The van der Waals surface area contributed by atoms with Crippen LogP contribution < -0.4 is 14.6 Å². The maximum atomic E-state index is 13.5. The van der Waals surface area contributed by atoms with Gasteiger partial charge in [-0.15, -0.1) is 11.6 Å². The Morgan fingerprint density at radius 2 is 2.00 bits per heavy atom. The highest BCUT2D eigenvalue weighted by Gasteiger charge is 2.53. The summed E-state index contributed by atoms with van der Waals surface area (Å²) in [5.41, 5.74) is 1.32. The van der Waals surface area contributed by atoms with Gasteiger partial charge >= 0.3 is 0 Å². The van der Waals surface area contributed by atoms with Gasteiger partial charge < -0.3 is 24.4 Å². The van der Waals surface area contributed by atoms with E-state index in [0.29, 0.717) is 22.8 Å². The van der Waals surface area contributed by atoms with Crippen molar-refractivity contribution < 1.29 is 24.2 Å². The minimum atomic E-state index is -1.44. The zero-order valence-electron chi connectivity index (χ0n) is 16.1. The van der Waals surface area contributed by atoms with Crippen LogP contribution in [0, 0.1) is 0 Å². The van der Waals surface area contributed by atoms with Crippen LogP contribution in [0.5, 0.6) is 11.5 Å². The molecule has 2 aliphatic heterocycles. The number of Topliss-reactive ketones (excluding diaryl/α,β-unsaturated/α-hetero) is 1. The van der Waals surface area contributed by atoms with Crippen molar-refractivity contribution in [2.75, 3.05) is 19.7 Å². The van der Waals surface area contributed by atoms with E-state index in [0.717, 1.165) is 16.5 Å². The molecule has 1 aromatic heterocycles. The maximum absolute atomic E-state index is 13.5. The first-order valence-electron chi connectivity index (χ1n) is 9.51. The molecule has 30 heavy (non-hydrogen) atoms. The van der Waals surface area contributed by atoms with Crippen LogP contribution in [0.3, 0.4) is 0 Å². The Balaban J connectivity index is 1.87. The number of hydrogen-bond donors (Lipinski definition) is 1. The molecule has 7 nitrogen and oxygen atoms in total. The van der Waals surface area contributed by atoms with Gasteiger partial charge in [-0.3, -0.25) is 9.69 Å². The number of aromatic nitrogens is 1. The SMILES string of the molecule is CN1[C@@H](C(=O)[O-])Cc2c([nH]c3ccccc23)[C@@]1(C(=O)CCl)c1ccc2c(c1)OCO2. The topological polar surface area (TPSA) is 94.7 Å². The van der Waals surface area contributed by atoms with Gasteiger partial charge in [0.2, 0.25) is 6.79 Å². The van der Waals surface area contributed by atoms with E-state index >= 15 is 0 Å². The Bertz CT molecular complexity index is 1190. The van der Waals surface area contributed by atoms with Gasteiger partial charge in [0.1, 0.15) is 5.54 Å². The van der Waals surface area contributed by atoms with Gasteiger partial charge in [-0.25, -0.2) is 0 Å². The number of H-pyrrole nitrogens is 1. The molecule has 2 atom stereocenters.